The molecule has 74 valence electrons. The summed E-state index contributed by atoms with van der Waals surface area (Å²) >= 11 is 4.94. The van der Waals surface area contributed by atoms with Crippen LogP contribution >= 0.6 is 27.3 Å². The highest BCUT2D eigenvalue weighted by atomic mass is 79.9. The molecule has 0 aliphatic rings. The van der Waals surface area contributed by atoms with Crippen molar-refractivity contribution < 1.29 is 0 Å². The van der Waals surface area contributed by atoms with Crippen molar-refractivity contribution in [3.63, 3.8) is 0 Å². The van der Waals surface area contributed by atoms with E-state index in [0.29, 0.717) is 12.4 Å². The van der Waals surface area contributed by atoms with E-state index in [4.69, 9.17) is 5.73 Å². The summed E-state index contributed by atoms with van der Waals surface area (Å²) in [6.45, 7) is 2.61. The third-order valence-electron chi connectivity index (χ3n) is 1.81. The van der Waals surface area contributed by atoms with E-state index in [0.717, 1.165) is 15.2 Å². The monoisotopic (exact) mass is 272 g/mol. The lowest BCUT2D eigenvalue weighted by atomic mass is 10.5. The second-order valence-electron chi connectivity index (χ2n) is 2.89. The maximum atomic E-state index is 5.79. The topological polar surface area (TPSA) is 56.7 Å². The Morgan fingerprint density at radius 1 is 1.64 bits per heavy atom. The van der Waals surface area contributed by atoms with Crippen LogP contribution in [-0.2, 0) is 6.54 Å². The minimum Gasteiger partial charge on any atom is -0.383 e. The van der Waals surface area contributed by atoms with E-state index in [2.05, 4.69) is 26.0 Å². The van der Waals surface area contributed by atoms with Crippen molar-refractivity contribution in [2.24, 2.45) is 0 Å². The van der Waals surface area contributed by atoms with Gasteiger partial charge in [-0.3, -0.25) is 0 Å². The highest BCUT2D eigenvalue weighted by Crippen LogP contribution is 2.19. The fraction of sp³-hybridized carbons (Fsp3) is 0.250. The van der Waals surface area contributed by atoms with Crippen molar-refractivity contribution in [3.05, 3.63) is 26.8 Å². The van der Waals surface area contributed by atoms with Gasteiger partial charge in [-0.05, 0) is 22.9 Å². The number of nitrogen functional groups attached to an aromatic ring is 1. The largest absolute Gasteiger partial charge is 0.383 e. The Kier molecular flexibility index (Phi) is 2.56. The summed E-state index contributed by atoms with van der Waals surface area (Å²) in [6.07, 6.45) is 1.69. The van der Waals surface area contributed by atoms with Crippen LogP contribution in [0.15, 0.2) is 16.0 Å². The molecule has 0 fully saturated rings. The third-order valence-corrected chi connectivity index (χ3v) is 3.24. The standard InChI is InChI=1S/C8H9BrN4S/c1-5-12-6(4-14-5)3-13-8(10)7(9)2-11-13/h2,4H,3,10H2,1H3. The second-order valence-corrected chi connectivity index (χ2v) is 4.81. The Bertz CT molecular complexity index is 448. The minimum absolute atomic E-state index is 0.627. The molecule has 0 radical (unpaired) electrons. The van der Waals surface area contributed by atoms with Crippen LogP contribution in [0.3, 0.4) is 0 Å². The summed E-state index contributed by atoms with van der Waals surface area (Å²) < 4.78 is 2.54. The van der Waals surface area contributed by atoms with Gasteiger partial charge in [-0.15, -0.1) is 11.3 Å². The van der Waals surface area contributed by atoms with Crippen LogP contribution in [0.4, 0.5) is 5.82 Å². The molecule has 0 spiro atoms. The van der Waals surface area contributed by atoms with Gasteiger partial charge in [0.25, 0.3) is 0 Å². The zero-order valence-corrected chi connectivity index (χ0v) is 9.97. The Morgan fingerprint density at radius 3 is 2.93 bits per heavy atom. The molecule has 14 heavy (non-hydrogen) atoms. The first-order chi connectivity index (χ1) is 6.66. The van der Waals surface area contributed by atoms with E-state index in [1.807, 2.05) is 12.3 Å². The molecule has 2 N–H and O–H groups in total. The van der Waals surface area contributed by atoms with Gasteiger partial charge in [0.1, 0.15) is 5.82 Å². The number of anilines is 1. The molecule has 2 aromatic rings. The number of aromatic nitrogens is 3. The van der Waals surface area contributed by atoms with Crippen molar-refractivity contribution in [2.45, 2.75) is 13.5 Å². The van der Waals surface area contributed by atoms with Gasteiger partial charge in [0.05, 0.1) is 27.9 Å². The lowest BCUT2D eigenvalue weighted by Crippen LogP contribution is -2.06. The van der Waals surface area contributed by atoms with Gasteiger partial charge in [-0.25, -0.2) is 9.67 Å². The van der Waals surface area contributed by atoms with Crippen LogP contribution in [0.5, 0.6) is 0 Å². The molecule has 0 aliphatic carbocycles. The number of hydrogen-bond acceptors (Lipinski definition) is 4. The predicted molar refractivity (Wildman–Crippen MR) is 60.3 cm³/mol. The summed E-state index contributed by atoms with van der Waals surface area (Å²) in [5, 5.41) is 7.21. The maximum Gasteiger partial charge on any atom is 0.136 e. The number of nitrogens with zero attached hydrogens (tertiary/aromatic N) is 3. The number of nitrogens with two attached hydrogens (primary N) is 1. The van der Waals surface area contributed by atoms with E-state index in [1.54, 1.807) is 22.2 Å². The highest BCUT2D eigenvalue weighted by Gasteiger charge is 2.06. The molecule has 4 nitrogen and oxygen atoms in total. The van der Waals surface area contributed by atoms with Gasteiger partial charge in [0, 0.05) is 5.38 Å². The lowest BCUT2D eigenvalue weighted by Gasteiger charge is -2.00. The first-order valence-corrected chi connectivity index (χ1v) is 5.72. The zero-order valence-electron chi connectivity index (χ0n) is 7.57. The highest BCUT2D eigenvalue weighted by molar-refractivity contribution is 9.10. The zero-order chi connectivity index (χ0) is 10.1. The summed E-state index contributed by atoms with van der Waals surface area (Å²) in [7, 11) is 0. The van der Waals surface area contributed by atoms with Gasteiger partial charge in [0.15, 0.2) is 0 Å². The van der Waals surface area contributed by atoms with E-state index in [-0.39, 0.29) is 0 Å². The van der Waals surface area contributed by atoms with Crippen molar-refractivity contribution in [1.82, 2.24) is 14.8 Å². The van der Waals surface area contributed by atoms with E-state index in [1.165, 1.54) is 0 Å². The summed E-state index contributed by atoms with van der Waals surface area (Å²) in [4.78, 5) is 4.34. The average molecular weight is 273 g/mol. The molecule has 0 saturated heterocycles. The van der Waals surface area contributed by atoms with Gasteiger partial charge in [0.2, 0.25) is 0 Å². The fourth-order valence-corrected chi connectivity index (χ4v) is 2.03. The smallest absolute Gasteiger partial charge is 0.136 e. The number of thiazole rings is 1. The average Bonchev–Trinajstić information content (AvgIpc) is 2.67. The molecule has 0 aromatic carbocycles. The quantitative estimate of drug-likeness (QED) is 0.911. The van der Waals surface area contributed by atoms with Crippen molar-refractivity contribution in [2.75, 3.05) is 5.73 Å². The second kappa shape index (κ2) is 3.70. The van der Waals surface area contributed by atoms with Crippen molar-refractivity contribution >= 4 is 33.1 Å². The third kappa shape index (κ3) is 1.80. The minimum atomic E-state index is 0.627. The van der Waals surface area contributed by atoms with Crippen LogP contribution < -0.4 is 5.73 Å². The molecule has 0 bridgehead atoms. The van der Waals surface area contributed by atoms with Gasteiger partial charge < -0.3 is 5.73 Å². The fourth-order valence-electron chi connectivity index (χ4n) is 1.13. The van der Waals surface area contributed by atoms with E-state index >= 15 is 0 Å². The van der Waals surface area contributed by atoms with Crippen LogP contribution in [0.2, 0.25) is 0 Å². The molecule has 2 rings (SSSR count). The molecule has 0 atom stereocenters. The Labute approximate surface area is 93.9 Å². The molecular formula is C8H9BrN4S. The number of hydrogen-bond donors (Lipinski definition) is 1. The van der Waals surface area contributed by atoms with Crippen LogP contribution in [0.25, 0.3) is 0 Å². The molecule has 0 aliphatic heterocycles. The van der Waals surface area contributed by atoms with E-state index < -0.39 is 0 Å². The normalized spacial score (nSPS) is 10.7. The SMILES string of the molecule is Cc1nc(Cn2ncc(Br)c2N)cs1. The Hall–Kier alpha value is -0.880. The van der Waals surface area contributed by atoms with E-state index in [9.17, 15) is 0 Å². The predicted octanol–water partition coefficient (Wildman–Crippen LogP) is 2.04. The van der Waals surface area contributed by atoms with Gasteiger partial charge in [-0.2, -0.15) is 5.10 Å². The first-order valence-electron chi connectivity index (χ1n) is 4.04. The molecule has 0 unspecified atom stereocenters. The molecule has 6 heteroatoms. The van der Waals surface area contributed by atoms with Gasteiger partial charge in [-0.1, -0.05) is 0 Å². The molecule has 0 saturated carbocycles. The van der Waals surface area contributed by atoms with Crippen molar-refractivity contribution in [3.8, 4) is 0 Å². The van der Waals surface area contributed by atoms with Crippen LogP contribution in [-0.4, -0.2) is 14.8 Å². The lowest BCUT2D eigenvalue weighted by molar-refractivity contribution is 0.684. The summed E-state index contributed by atoms with van der Waals surface area (Å²) in [5.41, 5.74) is 6.78. The molecule has 2 heterocycles. The first kappa shape index (κ1) is 9.67. The Morgan fingerprint density at radius 2 is 2.43 bits per heavy atom. The summed E-state index contributed by atoms with van der Waals surface area (Å²) in [5.74, 6) is 0.635. The maximum absolute atomic E-state index is 5.79. The van der Waals surface area contributed by atoms with Crippen LogP contribution in [0.1, 0.15) is 10.7 Å². The van der Waals surface area contributed by atoms with Crippen LogP contribution in [0, 0.1) is 6.92 Å². The number of aryl methyl sites for hydroxylation is 1. The van der Waals surface area contributed by atoms with Gasteiger partial charge >= 0.3 is 0 Å². The van der Waals surface area contributed by atoms with Crippen molar-refractivity contribution in [1.29, 1.82) is 0 Å². The summed E-state index contributed by atoms with van der Waals surface area (Å²) in [6, 6.07) is 0. The molecule has 0 amide bonds. The number of rotatable bonds is 2. The molecule has 2 aromatic heterocycles. The number of halogens is 1. The Balaban J connectivity index is 2.22. The molecular weight excluding hydrogens is 264 g/mol.